The SMILES string of the molecule is C=C1OB(c2ccc(C=O)cc2C)OC1(C)C. The van der Waals surface area contributed by atoms with E-state index in [1.165, 1.54) is 0 Å². The van der Waals surface area contributed by atoms with Gasteiger partial charge >= 0.3 is 7.12 Å². The zero-order valence-electron chi connectivity index (χ0n) is 10.3. The van der Waals surface area contributed by atoms with Gasteiger partial charge in [-0.2, -0.15) is 0 Å². The third-order valence-corrected chi connectivity index (χ3v) is 3.01. The Labute approximate surface area is 102 Å². The first kappa shape index (κ1) is 11.9. The largest absolute Gasteiger partial charge is 0.563 e. The van der Waals surface area contributed by atoms with E-state index in [9.17, 15) is 4.79 Å². The highest BCUT2D eigenvalue weighted by Crippen LogP contribution is 2.29. The van der Waals surface area contributed by atoms with E-state index in [1.54, 1.807) is 6.07 Å². The maximum Gasteiger partial charge on any atom is 0.563 e. The van der Waals surface area contributed by atoms with Crippen molar-refractivity contribution in [3.05, 3.63) is 41.7 Å². The Morgan fingerprint density at radius 3 is 2.59 bits per heavy atom. The van der Waals surface area contributed by atoms with Gasteiger partial charge in [0, 0.05) is 5.56 Å². The van der Waals surface area contributed by atoms with Gasteiger partial charge in [0.25, 0.3) is 0 Å². The van der Waals surface area contributed by atoms with Crippen LogP contribution in [0.1, 0.15) is 29.8 Å². The minimum Gasteiger partial charge on any atom is -0.534 e. The standard InChI is InChI=1S/C13H15BO3/c1-9-7-11(8-15)5-6-12(9)14-16-10(2)13(3,4)17-14/h5-8H,2H2,1,3-4H3. The molecule has 1 saturated heterocycles. The number of hydrogen-bond donors (Lipinski definition) is 0. The average molecular weight is 230 g/mol. The van der Waals surface area contributed by atoms with Crippen LogP contribution in [-0.2, 0) is 9.31 Å². The molecule has 0 atom stereocenters. The lowest BCUT2D eigenvalue weighted by molar-refractivity contribution is 0.112. The Morgan fingerprint density at radius 1 is 1.41 bits per heavy atom. The van der Waals surface area contributed by atoms with Gasteiger partial charge in [-0.25, -0.2) is 0 Å². The molecule has 1 heterocycles. The number of benzene rings is 1. The molecule has 0 N–H and O–H groups in total. The lowest BCUT2D eigenvalue weighted by atomic mass is 9.76. The molecule has 0 bridgehead atoms. The third kappa shape index (κ3) is 2.13. The van der Waals surface area contributed by atoms with Gasteiger partial charge in [0.15, 0.2) is 0 Å². The summed E-state index contributed by atoms with van der Waals surface area (Å²) in [6.07, 6.45) is 0.829. The van der Waals surface area contributed by atoms with Gasteiger partial charge < -0.3 is 9.31 Å². The fourth-order valence-corrected chi connectivity index (χ4v) is 1.79. The molecule has 1 aliphatic rings. The van der Waals surface area contributed by atoms with Crippen LogP contribution >= 0.6 is 0 Å². The average Bonchev–Trinajstić information content (AvgIpc) is 2.53. The second-order valence-electron chi connectivity index (χ2n) is 4.73. The summed E-state index contributed by atoms with van der Waals surface area (Å²) < 4.78 is 11.4. The summed E-state index contributed by atoms with van der Waals surface area (Å²) in [6.45, 7) is 9.62. The number of rotatable bonds is 2. The predicted octanol–water partition coefficient (Wildman–Crippen LogP) is 1.84. The normalized spacial score (nSPS) is 18.1. The van der Waals surface area contributed by atoms with Crippen LogP contribution < -0.4 is 5.46 Å². The van der Waals surface area contributed by atoms with Crippen LogP contribution in [0.4, 0.5) is 0 Å². The first-order valence-electron chi connectivity index (χ1n) is 5.53. The predicted molar refractivity (Wildman–Crippen MR) is 67.3 cm³/mol. The van der Waals surface area contributed by atoms with E-state index in [0.717, 1.165) is 17.3 Å². The molecule has 0 saturated carbocycles. The molecule has 0 spiro atoms. The van der Waals surface area contributed by atoms with Gasteiger partial charge in [0.2, 0.25) is 0 Å². The van der Waals surface area contributed by atoms with E-state index in [4.69, 9.17) is 9.31 Å². The van der Waals surface area contributed by atoms with E-state index >= 15 is 0 Å². The van der Waals surface area contributed by atoms with Gasteiger partial charge in [0.1, 0.15) is 11.9 Å². The van der Waals surface area contributed by atoms with Crippen molar-refractivity contribution in [1.29, 1.82) is 0 Å². The zero-order valence-corrected chi connectivity index (χ0v) is 10.3. The number of carbonyl (C=O) groups is 1. The van der Waals surface area contributed by atoms with Crippen molar-refractivity contribution in [2.75, 3.05) is 0 Å². The summed E-state index contributed by atoms with van der Waals surface area (Å²) in [5.74, 6) is 0.626. The Kier molecular flexibility index (Phi) is 2.83. The quantitative estimate of drug-likeness (QED) is 0.574. The van der Waals surface area contributed by atoms with Gasteiger partial charge in [-0.05, 0) is 37.9 Å². The van der Waals surface area contributed by atoms with E-state index in [2.05, 4.69) is 6.58 Å². The van der Waals surface area contributed by atoms with Crippen LogP contribution in [0.3, 0.4) is 0 Å². The molecule has 1 aromatic rings. The fourth-order valence-electron chi connectivity index (χ4n) is 1.79. The van der Waals surface area contributed by atoms with Gasteiger partial charge in [-0.15, -0.1) is 0 Å². The molecule has 17 heavy (non-hydrogen) atoms. The Balaban J connectivity index is 2.31. The third-order valence-electron chi connectivity index (χ3n) is 3.01. The van der Waals surface area contributed by atoms with Crippen LogP contribution in [0, 0.1) is 6.92 Å². The second-order valence-corrected chi connectivity index (χ2v) is 4.73. The monoisotopic (exact) mass is 230 g/mol. The summed E-state index contributed by atoms with van der Waals surface area (Å²) in [5.41, 5.74) is 2.09. The first-order valence-corrected chi connectivity index (χ1v) is 5.53. The molecule has 0 radical (unpaired) electrons. The maximum atomic E-state index is 10.7. The van der Waals surface area contributed by atoms with Crippen molar-refractivity contribution in [3.63, 3.8) is 0 Å². The molecule has 2 rings (SSSR count). The maximum absolute atomic E-state index is 10.7. The lowest BCUT2D eigenvalue weighted by Crippen LogP contribution is -2.36. The Bertz CT molecular complexity index is 480. The number of aryl methyl sites for hydroxylation is 1. The molecule has 0 aliphatic carbocycles. The minimum absolute atomic E-state index is 0.432. The molecule has 0 aromatic heterocycles. The summed E-state index contributed by atoms with van der Waals surface area (Å²) in [7, 11) is -0.432. The van der Waals surface area contributed by atoms with Crippen molar-refractivity contribution in [2.24, 2.45) is 0 Å². The number of aldehydes is 1. The van der Waals surface area contributed by atoms with Crippen LogP contribution in [0.15, 0.2) is 30.5 Å². The molecule has 1 aliphatic heterocycles. The van der Waals surface area contributed by atoms with Gasteiger partial charge in [-0.3, -0.25) is 4.79 Å². The van der Waals surface area contributed by atoms with Crippen molar-refractivity contribution >= 4 is 18.9 Å². The van der Waals surface area contributed by atoms with E-state index in [0.29, 0.717) is 11.3 Å². The highest BCUT2D eigenvalue weighted by Gasteiger charge is 2.43. The molecule has 3 nitrogen and oxygen atoms in total. The second kappa shape index (κ2) is 4.04. The van der Waals surface area contributed by atoms with E-state index in [-0.39, 0.29) is 0 Å². The molecule has 1 aromatic carbocycles. The van der Waals surface area contributed by atoms with Crippen molar-refractivity contribution < 1.29 is 14.1 Å². The van der Waals surface area contributed by atoms with Gasteiger partial charge in [-0.1, -0.05) is 18.7 Å². The van der Waals surface area contributed by atoms with Gasteiger partial charge in [0.05, 0.1) is 5.76 Å². The zero-order chi connectivity index (χ0) is 12.6. The van der Waals surface area contributed by atoms with Crippen LogP contribution in [0.25, 0.3) is 0 Å². The molecular formula is C13H15BO3. The number of hydrogen-bond acceptors (Lipinski definition) is 3. The summed E-state index contributed by atoms with van der Waals surface area (Å²) in [4.78, 5) is 10.7. The number of carbonyl (C=O) groups excluding carboxylic acids is 1. The van der Waals surface area contributed by atoms with Crippen LogP contribution in [-0.4, -0.2) is 19.0 Å². The molecule has 0 amide bonds. The van der Waals surface area contributed by atoms with Crippen molar-refractivity contribution in [2.45, 2.75) is 26.4 Å². The molecule has 88 valence electrons. The van der Waals surface area contributed by atoms with Crippen molar-refractivity contribution in [1.82, 2.24) is 0 Å². The van der Waals surface area contributed by atoms with Crippen LogP contribution in [0.5, 0.6) is 0 Å². The van der Waals surface area contributed by atoms with E-state index in [1.807, 2.05) is 32.9 Å². The first-order chi connectivity index (χ1) is 7.94. The Hall–Kier alpha value is -1.55. The molecule has 4 heteroatoms. The molecule has 0 unspecified atom stereocenters. The highest BCUT2D eigenvalue weighted by molar-refractivity contribution is 6.62. The van der Waals surface area contributed by atoms with Crippen LogP contribution in [0.2, 0.25) is 0 Å². The smallest absolute Gasteiger partial charge is 0.534 e. The lowest BCUT2D eigenvalue weighted by Gasteiger charge is -2.15. The Morgan fingerprint density at radius 2 is 2.12 bits per heavy atom. The minimum atomic E-state index is -0.472. The van der Waals surface area contributed by atoms with E-state index < -0.39 is 12.7 Å². The molecule has 1 fully saturated rings. The topological polar surface area (TPSA) is 35.5 Å². The highest BCUT2D eigenvalue weighted by atomic mass is 16.7. The summed E-state index contributed by atoms with van der Waals surface area (Å²) in [6, 6.07) is 5.44. The summed E-state index contributed by atoms with van der Waals surface area (Å²) in [5, 5.41) is 0. The fraction of sp³-hybridized carbons (Fsp3) is 0.308. The summed E-state index contributed by atoms with van der Waals surface area (Å²) >= 11 is 0. The van der Waals surface area contributed by atoms with Crippen molar-refractivity contribution in [3.8, 4) is 0 Å². The molecular weight excluding hydrogens is 215 g/mol.